The van der Waals surface area contributed by atoms with Crippen LogP contribution in [0.25, 0.3) is 11.4 Å². The smallest absolute Gasteiger partial charge is 0.239 e. The van der Waals surface area contributed by atoms with Crippen molar-refractivity contribution in [1.82, 2.24) is 14.8 Å². The third-order valence-corrected chi connectivity index (χ3v) is 5.58. The van der Waals surface area contributed by atoms with Crippen molar-refractivity contribution in [3.63, 3.8) is 0 Å². The number of aromatic nitrogens is 3. The van der Waals surface area contributed by atoms with E-state index in [-0.39, 0.29) is 11.8 Å². The predicted molar refractivity (Wildman–Crippen MR) is 112 cm³/mol. The number of nitrogens with zero attached hydrogens (tertiary/aromatic N) is 4. The second kappa shape index (κ2) is 7.85. The summed E-state index contributed by atoms with van der Waals surface area (Å²) in [5.74, 6) is -0.676. The molecule has 1 aliphatic rings. The van der Waals surface area contributed by atoms with Crippen LogP contribution >= 0.6 is 23.2 Å². The number of benzene rings is 2. The lowest BCUT2D eigenvalue weighted by atomic mass is 10.1. The lowest BCUT2D eigenvalue weighted by molar-refractivity contribution is -0.129. The van der Waals surface area contributed by atoms with E-state index < -0.39 is 5.92 Å². The molecule has 1 unspecified atom stereocenters. The van der Waals surface area contributed by atoms with E-state index in [1.54, 1.807) is 46.1 Å². The molecule has 0 bridgehead atoms. The summed E-state index contributed by atoms with van der Waals surface area (Å²) in [7, 11) is 1.84. The molecule has 9 heteroatoms. The first kappa shape index (κ1) is 19.4. The molecule has 1 fully saturated rings. The number of nitrogens with one attached hydrogen (secondary N) is 1. The summed E-state index contributed by atoms with van der Waals surface area (Å²) in [5.41, 5.74) is 2.04. The van der Waals surface area contributed by atoms with Crippen LogP contribution < -0.4 is 10.2 Å². The first-order valence-corrected chi connectivity index (χ1v) is 9.71. The summed E-state index contributed by atoms with van der Waals surface area (Å²) in [6, 6.07) is 12.3. The minimum atomic E-state index is -0.761. The molecule has 2 aromatic carbocycles. The Labute approximate surface area is 177 Å². The van der Waals surface area contributed by atoms with Crippen molar-refractivity contribution in [2.75, 3.05) is 16.8 Å². The average molecular weight is 430 g/mol. The minimum Gasteiger partial charge on any atom is -0.325 e. The Morgan fingerprint density at radius 1 is 1.17 bits per heavy atom. The normalized spacial score (nSPS) is 16.3. The lowest BCUT2D eigenvalue weighted by Gasteiger charge is -2.17. The Balaban J connectivity index is 1.49. The van der Waals surface area contributed by atoms with Crippen LogP contribution in [0.4, 0.5) is 11.4 Å². The van der Waals surface area contributed by atoms with Gasteiger partial charge in [0.15, 0.2) is 5.82 Å². The Morgan fingerprint density at radius 2 is 2.00 bits per heavy atom. The molecule has 1 atom stereocenters. The van der Waals surface area contributed by atoms with E-state index >= 15 is 0 Å². The SMILES string of the molecule is Cn1cnnc1-c1cccc(NC(=O)C2CCN(c3ccc(Cl)c(Cl)c3)C2=O)c1. The Bertz CT molecular complexity index is 1100. The average Bonchev–Trinajstić information content (AvgIpc) is 3.30. The van der Waals surface area contributed by atoms with Crippen molar-refractivity contribution >= 4 is 46.4 Å². The minimum absolute atomic E-state index is 0.259. The molecule has 7 nitrogen and oxygen atoms in total. The number of anilines is 2. The molecule has 0 spiro atoms. The lowest BCUT2D eigenvalue weighted by Crippen LogP contribution is -2.33. The van der Waals surface area contributed by atoms with Crippen LogP contribution in [0.3, 0.4) is 0 Å². The topological polar surface area (TPSA) is 80.1 Å². The number of carbonyl (C=O) groups is 2. The zero-order valence-corrected chi connectivity index (χ0v) is 17.0. The number of amides is 2. The summed E-state index contributed by atoms with van der Waals surface area (Å²) in [6.45, 7) is 0.438. The highest BCUT2D eigenvalue weighted by Crippen LogP contribution is 2.31. The maximum absolute atomic E-state index is 12.8. The molecular weight excluding hydrogens is 413 g/mol. The summed E-state index contributed by atoms with van der Waals surface area (Å²) in [6.07, 6.45) is 2.03. The fourth-order valence-electron chi connectivity index (χ4n) is 3.34. The van der Waals surface area contributed by atoms with Gasteiger partial charge in [0, 0.05) is 30.5 Å². The van der Waals surface area contributed by atoms with Gasteiger partial charge in [0.2, 0.25) is 11.8 Å². The Kier molecular flexibility index (Phi) is 5.25. The van der Waals surface area contributed by atoms with Crippen LogP contribution in [0, 0.1) is 5.92 Å². The standard InChI is InChI=1S/C20H17Cl2N5O2/c1-26-11-23-25-18(26)12-3-2-4-13(9-12)24-19(28)15-7-8-27(20(15)29)14-5-6-16(21)17(22)10-14/h2-6,9-11,15H,7-8H2,1H3,(H,24,28). The van der Waals surface area contributed by atoms with Crippen molar-refractivity contribution in [3.8, 4) is 11.4 Å². The molecule has 1 aliphatic heterocycles. The van der Waals surface area contributed by atoms with Gasteiger partial charge < -0.3 is 14.8 Å². The van der Waals surface area contributed by atoms with Crippen molar-refractivity contribution in [2.45, 2.75) is 6.42 Å². The maximum Gasteiger partial charge on any atom is 0.239 e. The zero-order chi connectivity index (χ0) is 20.5. The summed E-state index contributed by atoms with van der Waals surface area (Å²) in [4.78, 5) is 27.1. The van der Waals surface area contributed by atoms with Gasteiger partial charge in [0.25, 0.3) is 0 Å². The van der Waals surface area contributed by atoms with Gasteiger partial charge in [0.05, 0.1) is 10.0 Å². The van der Waals surface area contributed by atoms with E-state index in [4.69, 9.17) is 23.2 Å². The summed E-state index contributed by atoms with van der Waals surface area (Å²) < 4.78 is 1.79. The third-order valence-electron chi connectivity index (χ3n) is 4.84. The molecule has 29 heavy (non-hydrogen) atoms. The van der Waals surface area contributed by atoms with Gasteiger partial charge in [-0.15, -0.1) is 10.2 Å². The van der Waals surface area contributed by atoms with Crippen LogP contribution in [0.2, 0.25) is 10.0 Å². The Hall–Kier alpha value is -2.90. The highest BCUT2D eigenvalue weighted by atomic mass is 35.5. The largest absolute Gasteiger partial charge is 0.325 e. The number of hydrogen-bond donors (Lipinski definition) is 1. The number of carbonyl (C=O) groups excluding carboxylic acids is 2. The first-order chi connectivity index (χ1) is 13.9. The predicted octanol–water partition coefficient (Wildman–Crippen LogP) is 3.78. The molecule has 148 valence electrons. The number of rotatable bonds is 4. The van der Waals surface area contributed by atoms with Crippen LogP contribution in [0.1, 0.15) is 6.42 Å². The molecule has 3 aromatic rings. The molecule has 0 radical (unpaired) electrons. The molecule has 1 saturated heterocycles. The maximum atomic E-state index is 12.8. The van der Waals surface area contributed by atoms with Crippen molar-refractivity contribution < 1.29 is 9.59 Å². The zero-order valence-electron chi connectivity index (χ0n) is 15.5. The van der Waals surface area contributed by atoms with E-state index in [1.807, 2.05) is 19.2 Å². The van der Waals surface area contributed by atoms with E-state index in [1.165, 1.54) is 0 Å². The van der Waals surface area contributed by atoms with Gasteiger partial charge in [-0.3, -0.25) is 9.59 Å². The van der Waals surface area contributed by atoms with Gasteiger partial charge in [-0.1, -0.05) is 35.3 Å². The van der Waals surface area contributed by atoms with Crippen molar-refractivity contribution in [2.24, 2.45) is 13.0 Å². The molecule has 0 aliphatic carbocycles. The monoisotopic (exact) mass is 429 g/mol. The highest BCUT2D eigenvalue weighted by Gasteiger charge is 2.37. The van der Waals surface area contributed by atoms with Gasteiger partial charge in [-0.2, -0.15) is 0 Å². The van der Waals surface area contributed by atoms with Gasteiger partial charge >= 0.3 is 0 Å². The van der Waals surface area contributed by atoms with E-state index in [9.17, 15) is 9.59 Å². The number of aryl methyl sites for hydroxylation is 1. The summed E-state index contributed by atoms with van der Waals surface area (Å²) >= 11 is 12.0. The molecule has 1 aromatic heterocycles. The molecule has 0 saturated carbocycles. The second-order valence-electron chi connectivity index (χ2n) is 6.77. The third kappa shape index (κ3) is 3.83. The van der Waals surface area contributed by atoms with Gasteiger partial charge in [-0.05, 0) is 36.8 Å². The molecular formula is C20H17Cl2N5O2. The summed E-state index contributed by atoms with van der Waals surface area (Å²) in [5, 5.41) is 11.6. The number of hydrogen-bond acceptors (Lipinski definition) is 4. The first-order valence-electron chi connectivity index (χ1n) is 8.96. The second-order valence-corrected chi connectivity index (χ2v) is 7.58. The Morgan fingerprint density at radius 3 is 2.72 bits per heavy atom. The van der Waals surface area contributed by atoms with Crippen LogP contribution in [-0.4, -0.2) is 33.1 Å². The van der Waals surface area contributed by atoms with Crippen molar-refractivity contribution in [3.05, 3.63) is 58.8 Å². The molecule has 1 N–H and O–H groups in total. The van der Waals surface area contributed by atoms with E-state index in [0.29, 0.717) is 40.2 Å². The quantitative estimate of drug-likeness (QED) is 0.639. The van der Waals surface area contributed by atoms with Crippen LogP contribution in [0.15, 0.2) is 48.8 Å². The van der Waals surface area contributed by atoms with E-state index in [0.717, 1.165) is 5.56 Å². The van der Waals surface area contributed by atoms with Gasteiger partial charge in [-0.25, -0.2) is 0 Å². The molecule has 4 rings (SSSR count). The van der Waals surface area contributed by atoms with E-state index in [2.05, 4.69) is 15.5 Å². The number of halogens is 2. The highest BCUT2D eigenvalue weighted by molar-refractivity contribution is 6.42. The molecule has 2 amide bonds. The van der Waals surface area contributed by atoms with Crippen LogP contribution in [-0.2, 0) is 16.6 Å². The molecule has 2 heterocycles. The fourth-order valence-corrected chi connectivity index (χ4v) is 3.63. The van der Waals surface area contributed by atoms with Crippen LogP contribution in [0.5, 0.6) is 0 Å². The fraction of sp³-hybridized carbons (Fsp3) is 0.200. The van der Waals surface area contributed by atoms with Gasteiger partial charge in [0.1, 0.15) is 12.2 Å². The van der Waals surface area contributed by atoms with Crippen molar-refractivity contribution in [1.29, 1.82) is 0 Å².